The van der Waals surface area contributed by atoms with Crippen molar-refractivity contribution in [3.63, 3.8) is 0 Å². The van der Waals surface area contributed by atoms with Crippen molar-refractivity contribution >= 4 is 0 Å². The van der Waals surface area contributed by atoms with Gasteiger partial charge in [0.15, 0.2) is 0 Å². The van der Waals surface area contributed by atoms with Crippen molar-refractivity contribution in [1.82, 2.24) is 0 Å². The molecule has 0 spiro atoms. The molecule has 0 amide bonds. The zero-order valence-corrected chi connectivity index (χ0v) is 10.1. The molecule has 1 aromatic carbocycles. The van der Waals surface area contributed by atoms with E-state index in [0.717, 1.165) is 18.9 Å². The van der Waals surface area contributed by atoms with Gasteiger partial charge in [-0.2, -0.15) is 0 Å². The molecule has 0 aliphatic heterocycles. The van der Waals surface area contributed by atoms with Crippen molar-refractivity contribution in [3.05, 3.63) is 35.4 Å². The number of hydrogen-bond acceptors (Lipinski definition) is 1. The van der Waals surface area contributed by atoms with Gasteiger partial charge in [-0.15, -0.1) is 0 Å². The Labute approximate surface area is 101 Å². The lowest BCUT2D eigenvalue weighted by molar-refractivity contribution is 0.410. The van der Waals surface area contributed by atoms with Gasteiger partial charge >= 0.3 is 0 Å². The summed E-state index contributed by atoms with van der Waals surface area (Å²) in [5.41, 5.74) is 6.50. The molecule has 3 heteroatoms. The van der Waals surface area contributed by atoms with E-state index in [9.17, 15) is 8.78 Å². The minimum atomic E-state index is -0.395. The van der Waals surface area contributed by atoms with Gasteiger partial charge in [-0.05, 0) is 54.9 Å². The smallest absolute Gasteiger partial charge is 0.126 e. The van der Waals surface area contributed by atoms with Crippen LogP contribution in [-0.4, -0.2) is 6.04 Å². The molecule has 1 aliphatic rings. The maximum atomic E-state index is 13.5. The van der Waals surface area contributed by atoms with E-state index >= 15 is 0 Å². The molecule has 94 valence electrons. The van der Waals surface area contributed by atoms with E-state index in [0.29, 0.717) is 23.8 Å². The average molecular weight is 239 g/mol. The van der Waals surface area contributed by atoms with Crippen molar-refractivity contribution in [1.29, 1.82) is 0 Å². The quantitative estimate of drug-likeness (QED) is 0.860. The second-order valence-electron chi connectivity index (χ2n) is 5.28. The highest BCUT2D eigenvalue weighted by atomic mass is 19.1. The van der Waals surface area contributed by atoms with Crippen LogP contribution in [0.3, 0.4) is 0 Å². The summed E-state index contributed by atoms with van der Waals surface area (Å²) in [5, 5.41) is 0. The first-order valence-corrected chi connectivity index (χ1v) is 6.25. The van der Waals surface area contributed by atoms with Gasteiger partial charge in [0.05, 0.1) is 0 Å². The van der Waals surface area contributed by atoms with Crippen LogP contribution in [0.25, 0.3) is 0 Å². The molecule has 0 heterocycles. The van der Waals surface area contributed by atoms with Gasteiger partial charge in [0.2, 0.25) is 0 Å². The average Bonchev–Trinajstić information content (AvgIpc) is 2.70. The van der Waals surface area contributed by atoms with Gasteiger partial charge in [-0.25, -0.2) is 8.78 Å². The largest absolute Gasteiger partial charge is 0.327 e. The molecule has 3 unspecified atom stereocenters. The molecule has 2 N–H and O–H groups in total. The summed E-state index contributed by atoms with van der Waals surface area (Å²) in [7, 11) is 0. The third-order valence-corrected chi connectivity index (χ3v) is 3.80. The number of benzene rings is 1. The highest BCUT2D eigenvalue weighted by Gasteiger charge is 2.27. The third kappa shape index (κ3) is 3.03. The van der Waals surface area contributed by atoms with Crippen molar-refractivity contribution < 1.29 is 8.78 Å². The monoisotopic (exact) mass is 239 g/mol. The van der Waals surface area contributed by atoms with Crippen molar-refractivity contribution in [2.75, 3.05) is 0 Å². The summed E-state index contributed by atoms with van der Waals surface area (Å²) in [5.74, 6) is 0.414. The van der Waals surface area contributed by atoms with E-state index in [2.05, 4.69) is 6.92 Å². The molecule has 0 bridgehead atoms. The Morgan fingerprint density at radius 2 is 2.12 bits per heavy atom. The molecule has 1 fully saturated rings. The number of rotatable bonds is 3. The Kier molecular flexibility index (Phi) is 3.77. The first-order chi connectivity index (χ1) is 8.06. The lowest BCUT2D eigenvalue weighted by Gasteiger charge is -2.19. The molecule has 0 radical (unpaired) electrons. The lowest BCUT2D eigenvalue weighted by atomic mass is 9.92. The maximum absolute atomic E-state index is 13.5. The summed E-state index contributed by atoms with van der Waals surface area (Å²) in [6, 6.07) is 3.51. The molecule has 0 saturated heterocycles. The molecule has 17 heavy (non-hydrogen) atoms. The van der Waals surface area contributed by atoms with Crippen LogP contribution in [0, 0.1) is 23.5 Å². The summed E-state index contributed by atoms with van der Waals surface area (Å²) < 4.78 is 26.5. The van der Waals surface area contributed by atoms with E-state index in [4.69, 9.17) is 5.73 Å². The Morgan fingerprint density at radius 3 is 2.76 bits per heavy atom. The second-order valence-corrected chi connectivity index (χ2v) is 5.28. The summed E-state index contributed by atoms with van der Waals surface area (Å²) in [4.78, 5) is 0. The lowest BCUT2D eigenvalue weighted by Crippen LogP contribution is -2.31. The fraction of sp³-hybridized carbons (Fsp3) is 0.571. The molecule has 3 atom stereocenters. The number of hydrogen-bond donors (Lipinski definition) is 1. The van der Waals surface area contributed by atoms with E-state index in [-0.39, 0.29) is 11.9 Å². The van der Waals surface area contributed by atoms with Crippen LogP contribution >= 0.6 is 0 Å². The fourth-order valence-corrected chi connectivity index (χ4v) is 2.76. The van der Waals surface area contributed by atoms with E-state index in [1.807, 2.05) is 0 Å². The van der Waals surface area contributed by atoms with E-state index in [1.54, 1.807) is 0 Å². The standard InChI is InChI=1S/C14H19F2N/c1-9-2-3-10(6-9)14(17)8-11-7-12(15)4-5-13(11)16/h4-5,7,9-10,14H,2-3,6,8,17H2,1H3. The Bertz CT molecular complexity index is 392. The van der Waals surface area contributed by atoms with Gasteiger partial charge in [-0.1, -0.05) is 13.3 Å². The predicted octanol–water partition coefficient (Wildman–Crippen LogP) is 3.27. The first-order valence-electron chi connectivity index (χ1n) is 6.25. The minimum absolute atomic E-state index is 0.0590. The SMILES string of the molecule is CC1CCC(C(N)Cc2cc(F)ccc2F)C1. The van der Waals surface area contributed by atoms with E-state index in [1.165, 1.54) is 18.6 Å². The molecule has 1 aromatic rings. The third-order valence-electron chi connectivity index (χ3n) is 3.80. The summed E-state index contributed by atoms with van der Waals surface area (Å²) in [6.45, 7) is 2.22. The minimum Gasteiger partial charge on any atom is -0.327 e. The van der Waals surface area contributed by atoms with Gasteiger partial charge in [-0.3, -0.25) is 0 Å². The zero-order chi connectivity index (χ0) is 12.4. The van der Waals surface area contributed by atoms with E-state index < -0.39 is 5.82 Å². The molecular weight excluding hydrogens is 220 g/mol. The number of nitrogens with two attached hydrogens (primary N) is 1. The van der Waals surface area contributed by atoms with Crippen LogP contribution in [0.2, 0.25) is 0 Å². The fourth-order valence-electron chi connectivity index (χ4n) is 2.76. The Balaban J connectivity index is 2.02. The zero-order valence-electron chi connectivity index (χ0n) is 10.1. The van der Waals surface area contributed by atoms with Crippen molar-refractivity contribution in [3.8, 4) is 0 Å². The molecule has 1 saturated carbocycles. The molecular formula is C14H19F2N. The molecule has 0 aromatic heterocycles. The summed E-state index contributed by atoms with van der Waals surface area (Å²) >= 11 is 0. The van der Waals surface area contributed by atoms with Crippen LogP contribution < -0.4 is 5.73 Å². The topological polar surface area (TPSA) is 26.0 Å². The van der Waals surface area contributed by atoms with Crippen molar-refractivity contribution in [2.24, 2.45) is 17.6 Å². The van der Waals surface area contributed by atoms with Crippen LogP contribution in [0.4, 0.5) is 8.78 Å². The van der Waals surface area contributed by atoms with Crippen LogP contribution in [0.15, 0.2) is 18.2 Å². The normalized spacial score (nSPS) is 26.1. The van der Waals surface area contributed by atoms with Crippen molar-refractivity contribution in [2.45, 2.75) is 38.6 Å². The van der Waals surface area contributed by atoms with Crippen LogP contribution in [0.1, 0.15) is 31.7 Å². The highest BCUT2D eigenvalue weighted by molar-refractivity contribution is 5.20. The number of halogens is 2. The molecule has 2 rings (SSSR count). The first kappa shape index (κ1) is 12.5. The second kappa shape index (κ2) is 5.13. The Morgan fingerprint density at radius 1 is 1.35 bits per heavy atom. The van der Waals surface area contributed by atoms with Gasteiger partial charge < -0.3 is 5.73 Å². The van der Waals surface area contributed by atoms with Gasteiger partial charge in [0.1, 0.15) is 11.6 Å². The van der Waals surface area contributed by atoms with Gasteiger partial charge in [0, 0.05) is 6.04 Å². The molecule has 1 nitrogen and oxygen atoms in total. The van der Waals surface area contributed by atoms with Crippen LogP contribution in [0.5, 0.6) is 0 Å². The summed E-state index contributed by atoms with van der Waals surface area (Å²) in [6.07, 6.45) is 3.85. The predicted molar refractivity (Wildman–Crippen MR) is 64.5 cm³/mol. The van der Waals surface area contributed by atoms with Crippen LogP contribution in [-0.2, 0) is 6.42 Å². The van der Waals surface area contributed by atoms with Gasteiger partial charge in [0.25, 0.3) is 0 Å². The highest BCUT2D eigenvalue weighted by Crippen LogP contribution is 2.33. The Hall–Kier alpha value is -0.960. The molecule has 1 aliphatic carbocycles. The maximum Gasteiger partial charge on any atom is 0.126 e.